The van der Waals surface area contributed by atoms with Gasteiger partial charge in [-0.05, 0) is 37.4 Å². The molecule has 1 unspecified atom stereocenters. The van der Waals surface area contributed by atoms with Gasteiger partial charge in [0.2, 0.25) is 5.76 Å². The lowest BCUT2D eigenvalue weighted by Crippen LogP contribution is -2.25. The average molecular weight is 293 g/mol. The van der Waals surface area contributed by atoms with Gasteiger partial charge in [0.25, 0.3) is 0 Å². The van der Waals surface area contributed by atoms with Crippen LogP contribution >= 0.6 is 0 Å². The molecule has 1 aromatic rings. The number of hydrogen-bond donors (Lipinski definition) is 1. The van der Waals surface area contributed by atoms with E-state index in [0.29, 0.717) is 5.76 Å². The van der Waals surface area contributed by atoms with Crippen molar-refractivity contribution in [2.24, 2.45) is 5.92 Å². The van der Waals surface area contributed by atoms with E-state index < -0.39 is 5.97 Å². The van der Waals surface area contributed by atoms with Gasteiger partial charge in [-0.15, -0.1) is 0 Å². The lowest BCUT2D eigenvalue weighted by atomic mass is 9.84. The fourth-order valence-corrected chi connectivity index (χ4v) is 3.13. The predicted octanol–water partition coefficient (Wildman–Crippen LogP) is 4.08. The normalized spacial score (nSPS) is 17.6. The minimum absolute atomic E-state index is 0.200. The van der Waals surface area contributed by atoms with Crippen molar-refractivity contribution in [1.82, 2.24) is 5.32 Å². The fraction of sp³-hybridized carbons (Fsp3) is 0.706. The maximum atomic E-state index is 11.5. The van der Waals surface area contributed by atoms with E-state index in [2.05, 4.69) is 12.2 Å². The highest BCUT2D eigenvalue weighted by molar-refractivity contribution is 5.86. The summed E-state index contributed by atoms with van der Waals surface area (Å²) in [4.78, 5) is 11.5. The van der Waals surface area contributed by atoms with Gasteiger partial charge in [0.15, 0.2) is 0 Å². The Balaban J connectivity index is 2.03. The second-order valence-corrected chi connectivity index (χ2v) is 5.94. The van der Waals surface area contributed by atoms with Crippen molar-refractivity contribution >= 4 is 5.97 Å². The molecule has 118 valence electrons. The Hall–Kier alpha value is -1.29. The van der Waals surface area contributed by atoms with E-state index >= 15 is 0 Å². The van der Waals surface area contributed by atoms with Gasteiger partial charge in [-0.3, -0.25) is 0 Å². The summed E-state index contributed by atoms with van der Waals surface area (Å²) in [6, 6.07) is 3.82. The zero-order valence-corrected chi connectivity index (χ0v) is 13.2. The fourth-order valence-electron chi connectivity index (χ4n) is 3.13. The molecule has 1 aliphatic carbocycles. The largest absolute Gasteiger partial charge is 0.463 e. The van der Waals surface area contributed by atoms with E-state index in [9.17, 15) is 4.79 Å². The molecule has 0 radical (unpaired) electrons. The lowest BCUT2D eigenvalue weighted by molar-refractivity contribution is 0.0561. The number of rotatable bonds is 7. The second-order valence-electron chi connectivity index (χ2n) is 5.94. The van der Waals surface area contributed by atoms with E-state index in [4.69, 9.17) is 9.15 Å². The third kappa shape index (κ3) is 4.60. The van der Waals surface area contributed by atoms with Crippen molar-refractivity contribution < 1.29 is 13.9 Å². The molecule has 2 rings (SSSR count). The first-order chi connectivity index (χ1) is 10.2. The number of hydrogen-bond acceptors (Lipinski definition) is 4. The number of esters is 1. The Labute approximate surface area is 127 Å². The zero-order chi connectivity index (χ0) is 15.1. The molecule has 4 heteroatoms. The second kappa shape index (κ2) is 8.23. The van der Waals surface area contributed by atoms with Crippen molar-refractivity contribution in [1.29, 1.82) is 0 Å². The first-order valence-electron chi connectivity index (χ1n) is 8.16. The highest BCUT2D eigenvalue weighted by Crippen LogP contribution is 2.32. The minimum atomic E-state index is -0.409. The van der Waals surface area contributed by atoms with Gasteiger partial charge in [-0.1, -0.05) is 39.0 Å². The molecule has 0 bridgehead atoms. The van der Waals surface area contributed by atoms with Crippen LogP contribution in [0, 0.1) is 5.92 Å². The van der Waals surface area contributed by atoms with Gasteiger partial charge in [0.05, 0.1) is 13.2 Å². The summed E-state index contributed by atoms with van der Waals surface area (Å²) in [5.41, 5.74) is 0. The van der Waals surface area contributed by atoms with Crippen molar-refractivity contribution in [2.75, 3.05) is 13.7 Å². The number of methoxy groups -OCH3 is 1. The van der Waals surface area contributed by atoms with Crippen LogP contribution in [0.3, 0.4) is 0 Å². The summed E-state index contributed by atoms with van der Waals surface area (Å²) in [6.07, 6.45) is 8.87. The number of furan rings is 1. The topological polar surface area (TPSA) is 51.5 Å². The first kappa shape index (κ1) is 16.1. The Kier molecular flexibility index (Phi) is 6.30. The molecular weight excluding hydrogens is 266 g/mol. The van der Waals surface area contributed by atoms with Crippen LogP contribution in [0.15, 0.2) is 16.5 Å². The van der Waals surface area contributed by atoms with Crippen LogP contribution in [0.2, 0.25) is 0 Å². The number of nitrogens with one attached hydrogen (secondary N) is 1. The van der Waals surface area contributed by atoms with Crippen molar-refractivity contribution in [3.8, 4) is 0 Å². The first-order valence-corrected chi connectivity index (χ1v) is 8.16. The summed E-state index contributed by atoms with van der Waals surface area (Å²) in [7, 11) is 1.37. The van der Waals surface area contributed by atoms with Crippen LogP contribution < -0.4 is 5.32 Å². The molecule has 1 N–H and O–H groups in total. The summed E-state index contributed by atoms with van der Waals surface area (Å²) in [6.45, 7) is 3.12. The standard InChI is InChI=1S/C17H27NO3/c1-3-11-18-14(12-13-7-5-4-6-8-13)15-9-10-16(21-15)17(19)20-2/h9-10,13-14,18H,3-8,11-12H2,1-2H3. The number of ether oxygens (including phenoxy) is 1. The third-order valence-corrected chi connectivity index (χ3v) is 4.29. The quantitative estimate of drug-likeness (QED) is 0.770. The van der Waals surface area contributed by atoms with Crippen LogP contribution in [0.4, 0.5) is 0 Å². The maximum absolute atomic E-state index is 11.5. The molecule has 1 aliphatic rings. The molecule has 1 atom stereocenters. The van der Waals surface area contributed by atoms with Gasteiger partial charge >= 0.3 is 5.97 Å². The molecule has 0 aliphatic heterocycles. The molecule has 0 saturated heterocycles. The van der Waals surface area contributed by atoms with Gasteiger partial charge in [0, 0.05) is 0 Å². The molecule has 0 spiro atoms. The Morgan fingerprint density at radius 1 is 1.38 bits per heavy atom. The van der Waals surface area contributed by atoms with Crippen LogP contribution in [0.1, 0.15) is 74.2 Å². The van der Waals surface area contributed by atoms with Gasteiger partial charge in [-0.2, -0.15) is 0 Å². The molecule has 21 heavy (non-hydrogen) atoms. The van der Waals surface area contributed by atoms with E-state index in [0.717, 1.165) is 31.1 Å². The molecule has 4 nitrogen and oxygen atoms in total. The van der Waals surface area contributed by atoms with Crippen molar-refractivity contribution in [3.05, 3.63) is 23.7 Å². The van der Waals surface area contributed by atoms with E-state index in [1.807, 2.05) is 6.07 Å². The number of carbonyl (C=O) groups excluding carboxylic acids is 1. The van der Waals surface area contributed by atoms with Gasteiger partial charge in [-0.25, -0.2) is 4.79 Å². The Bertz CT molecular complexity index is 435. The smallest absolute Gasteiger partial charge is 0.373 e. The summed E-state index contributed by atoms with van der Waals surface area (Å²) in [5.74, 6) is 1.50. The molecular formula is C17H27NO3. The summed E-state index contributed by atoms with van der Waals surface area (Å²) in [5, 5.41) is 3.56. The molecule has 0 amide bonds. The average Bonchev–Trinajstić information content (AvgIpc) is 3.01. The van der Waals surface area contributed by atoms with Gasteiger partial charge in [0.1, 0.15) is 5.76 Å². The van der Waals surface area contributed by atoms with Gasteiger partial charge < -0.3 is 14.5 Å². The van der Waals surface area contributed by atoms with E-state index in [1.54, 1.807) is 6.07 Å². The Morgan fingerprint density at radius 2 is 2.14 bits per heavy atom. The van der Waals surface area contributed by atoms with Crippen LogP contribution in [0.25, 0.3) is 0 Å². The monoisotopic (exact) mass is 293 g/mol. The van der Waals surface area contributed by atoms with Crippen LogP contribution in [-0.2, 0) is 4.74 Å². The maximum Gasteiger partial charge on any atom is 0.373 e. The SMILES string of the molecule is CCCNC(CC1CCCCC1)c1ccc(C(=O)OC)o1. The Morgan fingerprint density at radius 3 is 2.81 bits per heavy atom. The van der Waals surface area contributed by atoms with Crippen molar-refractivity contribution in [3.63, 3.8) is 0 Å². The zero-order valence-electron chi connectivity index (χ0n) is 13.2. The van der Waals surface area contributed by atoms with E-state index in [1.165, 1.54) is 39.2 Å². The third-order valence-electron chi connectivity index (χ3n) is 4.29. The van der Waals surface area contributed by atoms with Crippen LogP contribution in [-0.4, -0.2) is 19.6 Å². The molecule has 1 fully saturated rings. The highest BCUT2D eigenvalue weighted by Gasteiger charge is 2.23. The number of carbonyl (C=O) groups is 1. The van der Waals surface area contributed by atoms with Crippen LogP contribution in [0.5, 0.6) is 0 Å². The molecule has 1 heterocycles. The van der Waals surface area contributed by atoms with E-state index in [-0.39, 0.29) is 6.04 Å². The molecule has 0 aromatic carbocycles. The molecule has 1 saturated carbocycles. The predicted molar refractivity (Wildman–Crippen MR) is 82.3 cm³/mol. The summed E-state index contributed by atoms with van der Waals surface area (Å²) < 4.78 is 10.4. The van der Waals surface area contributed by atoms with Crippen molar-refractivity contribution in [2.45, 2.75) is 57.9 Å². The highest BCUT2D eigenvalue weighted by atomic mass is 16.5. The summed E-state index contributed by atoms with van der Waals surface area (Å²) >= 11 is 0. The lowest BCUT2D eigenvalue weighted by Gasteiger charge is -2.26. The molecule has 1 aromatic heterocycles. The minimum Gasteiger partial charge on any atom is -0.463 e.